The molecular weight excluding hydrogens is 240 g/mol. The van der Waals surface area contributed by atoms with Crippen LogP contribution in [-0.2, 0) is 9.53 Å². The molecule has 0 aliphatic carbocycles. The van der Waals surface area contributed by atoms with Gasteiger partial charge in [-0.1, -0.05) is 38.4 Å². The Hall–Kier alpha value is -0.283. The molecule has 2 nitrogen and oxygen atoms in total. The topological polar surface area (TPSA) is 26.3 Å². The van der Waals surface area contributed by atoms with Crippen LogP contribution in [0.1, 0.15) is 32.6 Å². The molecule has 0 aliphatic rings. The lowest BCUT2D eigenvalue weighted by Crippen LogP contribution is -2.15. The van der Waals surface area contributed by atoms with E-state index < -0.39 is 7.38 Å². The van der Waals surface area contributed by atoms with Gasteiger partial charge >= 0.3 is 5.97 Å². The van der Waals surface area contributed by atoms with E-state index in [9.17, 15) is 4.79 Å². The summed E-state index contributed by atoms with van der Waals surface area (Å²) in [5.74, 6) is -0.239. The average molecular weight is 263 g/mol. The van der Waals surface area contributed by atoms with Gasteiger partial charge in [0, 0.05) is 6.08 Å². The number of ether oxygens (including phenoxy) is 1. The summed E-state index contributed by atoms with van der Waals surface area (Å²) >= 11 is 6.21. The predicted molar refractivity (Wildman–Crippen MR) is 72.4 cm³/mol. The summed E-state index contributed by atoms with van der Waals surface area (Å²) < 4.78 is 4.99. The maximum absolute atomic E-state index is 10.9. The summed E-state index contributed by atoms with van der Waals surface area (Å²) in [4.78, 5) is 10.9. The average Bonchev–Trinajstić information content (AvgIpc) is 2.15. The minimum absolute atomic E-state index is 0.239. The molecule has 0 rings (SSSR count). The number of carbonyl (C=O) groups excluding carboxylic acids is 1. The molecule has 0 aromatic heterocycles. The molecule has 0 atom stereocenters. The Bertz CT molecular complexity index is 222. The zero-order valence-corrected chi connectivity index (χ0v) is 12.3. The van der Waals surface area contributed by atoms with Crippen molar-refractivity contribution in [2.45, 2.75) is 51.7 Å². The van der Waals surface area contributed by atoms with Gasteiger partial charge in [-0.3, -0.25) is 0 Å². The van der Waals surface area contributed by atoms with Gasteiger partial charge in [-0.2, -0.15) is 11.1 Å². The van der Waals surface area contributed by atoms with Gasteiger partial charge in [0.2, 0.25) is 0 Å². The monoisotopic (exact) mass is 262 g/mol. The molecule has 0 amide bonds. The molecule has 0 N–H and O–H groups in total. The van der Waals surface area contributed by atoms with Crippen molar-refractivity contribution < 1.29 is 9.53 Å². The van der Waals surface area contributed by atoms with Gasteiger partial charge in [-0.15, -0.1) is 0 Å². The number of unbranched alkanes of at least 4 members (excludes halogenated alkanes) is 3. The summed E-state index contributed by atoms with van der Waals surface area (Å²) in [5, 5.41) is 0. The first-order chi connectivity index (χ1) is 7.45. The van der Waals surface area contributed by atoms with Crippen molar-refractivity contribution in [2.24, 2.45) is 0 Å². The Morgan fingerprint density at radius 3 is 2.44 bits per heavy atom. The fourth-order valence-corrected chi connectivity index (χ4v) is 2.85. The molecule has 0 spiro atoms. The van der Waals surface area contributed by atoms with E-state index in [1.807, 2.05) is 0 Å². The van der Waals surface area contributed by atoms with Crippen molar-refractivity contribution in [3.8, 4) is 0 Å². The quantitative estimate of drug-likeness (QED) is 0.216. The Morgan fingerprint density at radius 1 is 1.25 bits per heavy atom. The van der Waals surface area contributed by atoms with E-state index in [0.29, 0.717) is 6.61 Å². The number of halogens is 1. The molecule has 0 aromatic rings. The van der Waals surface area contributed by atoms with Crippen molar-refractivity contribution in [3.63, 3.8) is 0 Å². The lowest BCUT2D eigenvalue weighted by molar-refractivity contribution is -0.137. The van der Waals surface area contributed by atoms with Crippen LogP contribution in [0.2, 0.25) is 19.1 Å². The van der Waals surface area contributed by atoms with Crippen LogP contribution in [0.4, 0.5) is 0 Å². The largest absolute Gasteiger partial charge is 0.463 e. The van der Waals surface area contributed by atoms with Gasteiger partial charge in [-0.25, -0.2) is 4.79 Å². The van der Waals surface area contributed by atoms with Crippen molar-refractivity contribution in [1.29, 1.82) is 0 Å². The molecule has 0 unspecified atom stereocenters. The van der Waals surface area contributed by atoms with Crippen molar-refractivity contribution in [3.05, 3.63) is 12.2 Å². The van der Waals surface area contributed by atoms with E-state index in [4.69, 9.17) is 15.8 Å². The fourth-order valence-electron chi connectivity index (χ4n) is 1.36. The second kappa shape index (κ2) is 8.82. The third kappa shape index (κ3) is 11.8. The highest BCUT2D eigenvalue weighted by molar-refractivity contribution is 7.19. The van der Waals surface area contributed by atoms with E-state index in [-0.39, 0.29) is 5.97 Å². The molecule has 0 aromatic carbocycles. The molecule has 0 bridgehead atoms. The highest BCUT2D eigenvalue weighted by atomic mass is 35.6. The van der Waals surface area contributed by atoms with Gasteiger partial charge in [0.05, 0.1) is 6.61 Å². The lowest BCUT2D eigenvalue weighted by atomic mass is 10.2. The summed E-state index contributed by atoms with van der Waals surface area (Å²) in [6, 6.07) is 1.17. The highest BCUT2D eigenvalue weighted by Crippen LogP contribution is 2.18. The van der Waals surface area contributed by atoms with Gasteiger partial charge in [-0.05, 0) is 19.4 Å². The number of allylic oxidation sites excluding steroid dienone is 1. The second-order valence-corrected chi connectivity index (χ2v) is 11.6. The van der Waals surface area contributed by atoms with Crippen LogP contribution in [0.15, 0.2) is 12.2 Å². The van der Waals surface area contributed by atoms with Crippen LogP contribution in [0, 0.1) is 0 Å². The highest BCUT2D eigenvalue weighted by Gasteiger charge is 2.15. The maximum Gasteiger partial charge on any atom is 0.330 e. The van der Waals surface area contributed by atoms with Crippen LogP contribution in [0.3, 0.4) is 0 Å². The van der Waals surface area contributed by atoms with Crippen LogP contribution < -0.4 is 0 Å². The third-order valence-electron chi connectivity index (χ3n) is 2.21. The first-order valence-corrected chi connectivity index (χ1v) is 10.2. The standard InChI is InChI=1S/C12H23ClO2Si/c1-4-9-12(14)15-10-7-5-6-8-11-16(2,3)13/h4,9H,5-8,10-11H2,1-3H3. The smallest absolute Gasteiger partial charge is 0.330 e. The van der Waals surface area contributed by atoms with E-state index in [0.717, 1.165) is 12.8 Å². The zero-order valence-electron chi connectivity index (χ0n) is 10.6. The summed E-state index contributed by atoms with van der Waals surface area (Å²) in [6.07, 6.45) is 7.59. The van der Waals surface area contributed by atoms with Crippen LogP contribution >= 0.6 is 11.1 Å². The number of carbonyl (C=O) groups is 1. The Labute approximate surface area is 105 Å². The molecule has 94 valence electrons. The van der Waals surface area contributed by atoms with E-state index >= 15 is 0 Å². The van der Waals surface area contributed by atoms with E-state index in [1.165, 1.54) is 25.0 Å². The third-order valence-corrected chi connectivity index (χ3v) is 4.32. The fraction of sp³-hybridized carbons (Fsp3) is 0.750. The first-order valence-electron chi connectivity index (χ1n) is 5.94. The summed E-state index contributed by atoms with van der Waals surface area (Å²) in [5.41, 5.74) is 0. The number of rotatable bonds is 8. The Balaban J connectivity index is 3.25. The van der Waals surface area contributed by atoms with E-state index in [2.05, 4.69) is 13.1 Å². The molecule has 0 fully saturated rings. The van der Waals surface area contributed by atoms with Crippen LogP contribution in [-0.4, -0.2) is 20.0 Å². The van der Waals surface area contributed by atoms with Gasteiger partial charge < -0.3 is 4.74 Å². The molecule has 4 heteroatoms. The SMILES string of the molecule is CC=CC(=O)OCCCCCC[Si](C)(C)Cl. The maximum atomic E-state index is 10.9. The molecule has 0 heterocycles. The zero-order chi connectivity index (χ0) is 12.4. The Morgan fingerprint density at radius 2 is 1.88 bits per heavy atom. The lowest BCUT2D eigenvalue weighted by Gasteiger charge is -2.11. The van der Waals surface area contributed by atoms with Gasteiger partial charge in [0.1, 0.15) is 7.38 Å². The number of hydrogen-bond acceptors (Lipinski definition) is 2. The predicted octanol–water partition coefficient (Wildman–Crippen LogP) is 4.11. The molecule has 0 aliphatic heterocycles. The minimum atomic E-state index is -1.38. The molecular formula is C12H23ClO2Si. The molecule has 0 saturated carbocycles. The normalized spacial score (nSPS) is 12.0. The number of hydrogen-bond donors (Lipinski definition) is 0. The van der Waals surface area contributed by atoms with Gasteiger partial charge in [0.15, 0.2) is 0 Å². The van der Waals surface area contributed by atoms with Crippen molar-refractivity contribution in [1.82, 2.24) is 0 Å². The van der Waals surface area contributed by atoms with Crippen LogP contribution in [0.25, 0.3) is 0 Å². The van der Waals surface area contributed by atoms with Gasteiger partial charge in [0.25, 0.3) is 0 Å². The minimum Gasteiger partial charge on any atom is -0.463 e. The second-order valence-electron chi connectivity index (χ2n) is 4.55. The van der Waals surface area contributed by atoms with Crippen LogP contribution in [0.5, 0.6) is 0 Å². The number of esters is 1. The molecule has 0 radical (unpaired) electrons. The summed E-state index contributed by atoms with van der Waals surface area (Å²) in [7, 11) is -1.38. The Kier molecular flexibility index (Phi) is 8.67. The summed E-state index contributed by atoms with van der Waals surface area (Å²) in [6.45, 7) is 6.69. The molecule has 0 saturated heterocycles. The first kappa shape index (κ1) is 15.7. The molecule has 16 heavy (non-hydrogen) atoms. The van der Waals surface area contributed by atoms with Crippen molar-refractivity contribution >= 4 is 24.4 Å². The van der Waals surface area contributed by atoms with E-state index in [1.54, 1.807) is 13.0 Å². The van der Waals surface area contributed by atoms with Crippen molar-refractivity contribution in [2.75, 3.05) is 6.61 Å².